The van der Waals surface area contributed by atoms with Crippen LogP contribution in [0.4, 0.5) is 0 Å². The number of fused-ring (bicyclic) bond motifs is 1. The van der Waals surface area contributed by atoms with Gasteiger partial charge in [-0.2, -0.15) is 0 Å². The fourth-order valence-corrected chi connectivity index (χ4v) is 3.25. The maximum atomic E-state index is 6.48. The van der Waals surface area contributed by atoms with E-state index in [2.05, 4.69) is 49.5 Å². The number of hydrogen-bond acceptors (Lipinski definition) is 2. The highest BCUT2D eigenvalue weighted by molar-refractivity contribution is 6.31. The van der Waals surface area contributed by atoms with Crippen molar-refractivity contribution in [1.29, 1.82) is 0 Å². The minimum Gasteiger partial charge on any atom is -0.492 e. The standard InChI is InChI=1S/C18H20ClNO/c1-3-20-12(2)15-8-7-14(11-17(15)19)16-6-4-5-13-9-10-21-18(13)16/h4-8,11-12,20H,3,9-10H2,1-2H3. The van der Waals surface area contributed by atoms with Crippen LogP contribution in [0.25, 0.3) is 11.1 Å². The molecule has 0 saturated carbocycles. The van der Waals surface area contributed by atoms with E-state index in [-0.39, 0.29) is 6.04 Å². The van der Waals surface area contributed by atoms with Crippen LogP contribution in [0.15, 0.2) is 36.4 Å². The summed E-state index contributed by atoms with van der Waals surface area (Å²) < 4.78 is 5.78. The maximum absolute atomic E-state index is 6.48. The van der Waals surface area contributed by atoms with E-state index in [0.717, 1.165) is 47.0 Å². The number of para-hydroxylation sites is 1. The summed E-state index contributed by atoms with van der Waals surface area (Å²) >= 11 is 6.48. The number of halogens is 1. The lowest BCUT2D eigenvalue weighted by Gasteiger charge is -2.16. The Kier molecular flexibility index (Phi) is 4.18. The van der Waals surface area contributed by atoms with Crippen LogP contribution in [0.2, 0.25) is 5.02 Å². The lowest BCUT2D eigenvalue weighted by molar-refractivity contribution is 0.358. The van der Waals surface area contributed by atoms with Gasteiger partial charge < -0.3 is 10.1 Å². The van der Waals surface area contributed by atoms with Gasteiger partial charge in [0.25, 0.3) is 0 Å². The summed E-state index contributed by atoms with van der Waals surface area (Å²) in [4.78, 5) is 0. The molecule has 21 heavy (non-hydrogen) atoms. The molecule has 3 heteroatoms. The third kappa shape index (κ3) is 2.78. The van der Waals surface area contributed by atoms with Crippen molar-refractivity contribution in [3.63, 3.8) is 0 Å². The first-order valence-electron chi connectivity index (χ1n) is 7.48. The van der Waals surface area contributed by atoms with E-state index in [1.165, 1.54) is 5.56 Å². The smallest absolute Gasteiger partial charge is 0.130 e. The van der Waals surface area contributed by atoms with Crippen molar-refractivity contribution in [3.8, 4) is 16.9 Å². The summed E-state index contributed by atoms with van der Waals surface area (Å²) in [6.07, 6.45) is 0.993. The molecule has 1 N–H and O–H groups in total. The van der Waals surface area contributed by atoms with E-state index >= 15 is 0 Å². The molecule has 1 aliphatic rings. The number of ether oxygens (including phenoxy) is 1. The van der Waals surface area contributed by atoms with Gasteiger partial charge in [-0.05, 0) is 36.2 Å². The lowest BCUT2D eigenvalue weighted by atomic mass is 9.98. The van der Waals surface area contributed by atoms with E-state index in [1.807, 2.05) is 6.07 Å². The second kappa shape index (κ2) is 6.08. The molecule has 1 aliphatic heterocycles. The molecule has 0 aliphatic carbocycles. The van der Waals surface area contributed by atoms with Crippen LogP contribution in [-0.2, 0) is 6.42 Å². The van der Waals surface area contributed by atoms with E-state index in [0.29, 0.717) is 0 Å². The highest BCUT2D eigenvalue weighted by atomic mass is 35.5. The van der Waals surface area contributed by atoms with Crippen molar-refractivity contribution in [2.24, 2.45) is 0 Å². The summed E-state index contributed by atoms with van der Waals surface area (Å²) in [7, 11) is 0. The zero-order valence-corrected chi connectivity index (χ0v) is 13.2. The van der Waals surface area contributed by atoms with Gasteiger partial charge in [0.2, 0.25) is 0 Å². The first kappa shape index (κ1) is 14.4. The Hall–Kier alpha value is -1.51. The van der Waals surface area contributed by atoms with Crippen LogP contribution >= 0.6 is 11.6 Å². The van der Waals surface area contributed by atoms with Crippen LogP contribution in [0.3, 0.4) is 0 Å². The fourth-order valence-electron chi connectivity index (χ4n) is 2.90. The second-order valence-electron chi connectivity index (χ2n) is 5.41. The fraction of sp³-hybridized carbons (Fsp3) is 0.333. The molecule has 0 saturated heterocycles. The zero-order valence-electron chi connectivity index (χ0n) is 12.4. The van der Waals surface area contributed by atoms with Gasteiger partial charge in [-0.25, -0.2) is 0 Å². The number of hydrogen-bond donors (Lipinski definition) is 1. The molecule has 0 fully saturated rings. The normalized spacial score (nSPS) is 14.6. The predicted molar refractivity (Wildman–Crippen MR) is 88.2 cm³/mol. The Labute approximate surface area is 131 Å². The second-order valence-corrected chi connectivity index (χ2v) is 5.82. The van der Waals surface area contributed by atoms with Crippen LogP contribution in [0, 0.1) is 0 Å². The number of nitrogens with one attached hydrogen (secondary N) is 1. The molecule has 2 aromatic carbocycles. The van der Waals surface area contributed by atoms with E-state index in [4.69, 9.17) is 16.3 Å². The molecular weight excluding hydrogens is 282 g/mol. The number of rotatable bonds is 4. The third-order valence-electron chi connectivity index (χ3n) is 4.00. The minimum atomic E-state index is 0.259. The summed E-state index contributed by atoms with van der Waals surface area (Å²) in [5.74, 6) is 1.01. The van der Waals surface area contributed by atoms with Crippen LogP contribution in [0.1, 0.15) is 31.0 Å². The number of benzene rings is 2. The Morgan fingerprint density at radius 3 is 2.90 bits per heavy atom. The molecule has 0 amide bonds. The SMILES string of the molecule is CCNC(C)c1ccc(-c2cccc3c2OCC3)cc1Cl. The highest BCUT2D eigenvalue weighted by Crippen LogP contribution is 2.38. The molecule has 1 heterocycles. The summed E-state index contributed by atoms with van der Waals surface area (Å²) in [5, 5.41) is 4.20. The Morgan fingerprint density at radius 1 is 1.29 bits per heavy atom. The minimum absolute atomic E-state index is 0.259. The van der Waals surface area contributed by atoms with Gasteiger partial charge in [-0.15, -0.1) is 0 Å². The molecular formula is C18H20ClNO. The van der Waals surface area contributed by atoms with Crippen molar-refractivity contribution in [2.45, 2.75) is 26.3 Å². The Morgan fingerprint density at radius 2 is 2.14 bits per heavy atom. The third-order valence-corrected chi connectivity index (χ3v) is 4.33. The van der Waals surface area contributed by atoms with Gasteiger partial charge >= 0.3 is 0 Å². The first-order valence-corrected chi connectivity index (χ1v) is 7.86. The van der Waals surface area contributed by atoms with Crippen LogP contribution in [-0.4, -0.2) is 13.2 Å². The summed E-state index contributed by atoms with van der Waals surface area (Å²) in [5.41, 5.74) is 4.67. The molecule has 110 valence electrons. The molecule has 3 rings (SSSR count). The Balaban J connectivity index is 1.98. The van der Waals surface area contributed by atoms with Crippen molar-refractivity contribution in [1.82, 2.24) is 5.32 Å². The molecule has 1 atom stereocenters. The van der Waals surface area contributed by atoms with Crippen LogP contribution in [0.5, 0.6) is 5.75 Å². The zero-order chi connectivity index (χ0) is 14.8. The first-order chi connectivity index (χ1) is 10.2. The lowest BCUT2D eigenvalue weighted by Crippen LogP contribution is -2.17. The largest absolute Gasteiger partial charge is 0.492 e. The van der Waals surface area contributed by atoms with Crippen molar-refractivity contribution in [2.75, 3.05) is 13.2 Å². The maximum Gasteiger partial charge on any atom is 0.130 e. The van der Waals surface area contributed by atoms with Gasteiger partial charge in [0, 0.05) is 23.0 Å². The average molecular weight is 302 g/mol. The van der Waals surface area contributed by atoms with Crippen molar-refractivity contribution in [3.05, 3.63) is 52.5 Å². The van der Waals surface area contributed by atoms with Crippen LogP contribution < -0.4 is 10.1 Å². The molecule has 2 aromatic rings. The summed E-state index contributed by atoms with van der Waals surface area (Å²) in [6.45, 7) is 5.94. The van der Waals surface area contributed by atoms with Gasteiger partial charge in [0.1, 0.15) is 5.75 Å². The van der Waals surface area contributed by atoms with E-state index in [9.17, 15) is 0 Å². The van der Waals surface area contributed by atoms with Gasteiger partial charge in [-0.3, -0.25) is 0 Å². The molecule has 2 nitrogen and oxygen atoms in total. The molecule has 0 spiro atoms. The average Bonchev–Trinajstić information content (AvgIpc) is 2.95. The highest BCUT2D eigenvalue weighted by Gasteiger charge is 2.18. The molecule has 0 radical (unpaired) electrons. The molecule has 0 aromatic heterocycles. The Bertz CT molecular complexity index is 654. The quantitative estimate of drug-likeness (QED) is 0.890. The molecule has 0 bridgehead atoms. The van der Waals surface area contributed by atoms with Gasteiger partial charge in [0.05, 0.1) is 6.61 Å². The monoisotopic (exact) mass is 301 g/mol. The van der Waals surface area contributed by atoms with Gasteiger partial charge in [-0.1, -0.05) is 48.9 Å². The van der Waals surface area contributed by atoms with E-state index < -0.39 is 0 Å². The summed E-state index contributed by atoms with van der Waals surface area (Å²) in [6, 6.07) is 12.9. The van der Waals surface area contributed by atoms with E-state index in [1.54, 1.807) is 0 Å². The van der Waals surface area contributed by atoms with Crippen molar-refractivity contribution >= 4 is 11.6 Å². The van der Waals surface area contributed by atoms with Gasteiger partial charge in [0.15, 0.2) is 0 Å². The topological polar surface area (TPSA) is 21.3 Å². The molecule has 1 unspecified atom stereocenters. The predicted octanol–water partition coefficient (Wildman–Crippen LogP) is 4.61. The van der Waals surface area contributed by atoms with Crippen molar-refractivity contribution < 1.29 is 4.74 Å².